The minimum Gasteiger partial charge on any atom is -0.495 e. The highest BCUT2D eigenvalue weighted by Gasteiger charge is 2.24. The Hall–Kier alpha value is -1.79. The highest BCUT2D eigenvalue weighted by atomic mass is 16.5. The molecule has 0 aliphatic carbocycles. The number of aliphatic hydroxyl groups excluding tert-OH is 2. The van der Waals surface area contributed by atoms with Crippen LogP contribution < -0.4 is 15.4 Å². The SMILES string of the molecule is COc1ccccc1NC(=O)NC(C)(CO)CO. The number of rotatable bonds is 5. The molecule has 18 heavy (non-hydrogen) atoms. The van der Waals surface area contributed by atoms with Crippen molar-refractivity contribution in [2.75, 3.05) is 25.6 Å². The van der Waals surface area contributed by atoms with Crippen molar-refractivity contribution in [3.63, 3.8) is 0 Å². The van der Waals surface area contributed by atoms with Crippen LogP contribution in [0, 0.1) is 0 Å². The Bertz CT molecular complexity index is 405. The van der Waals surface area contributed by atoms with Crippen molar-refractivity contribution < 1.29 is 19.7 Å². The Morgan fingerprint density at radius 1 is 1.33 bits per heavy atom. The van der Waals surface area contributed by atoms with Crippen LogP contribution in [0.4, 0.5) is 10.5 Å². The van der Waals surface area contributed by atoms with E-state index >= 15 is 0 Å². The van der Waals surface area contributed by atoms with Gasteiger partial charge < -0.3 is 25.6 Å². The second-order valence-corrected chi connectivity index (χ2v) is 4.16. The number of para-hydroxylation sites is 2. The van der Waals surface area contributed by atoms with Crippen molar-refractivity contribution in [2.45, 2.75) is 12.5 Å². The maximum atomic E-state index is 11.7. The first-order valence-electron chi connectivity index (χ1n) is 5.48. The van der Waals surface area contributed by atoms with Crippen LogP contribution in [0.1, 0.15) is 6.92 Å². The number of ether oxygens (including phenoxy) is 1. The molecule has 0 bridgehead atoms. The van der Waals surface area contributed by atoms with Crippen LogP contribution >= 0.6 is 0 Å². The maximum Gasteiger partial charge on any atom is 0.319 e. The fourth-order valence-corrected chi connectivity index (χ4v) is 1.30. The molecule has 0 aliphatic heterocycles. The van der Waals surface area contributed by atoms with Crippen LogP contribution in [0.25, 0.3) is 0 Å². The van der Waals surface area contributed by atoms with Crippen LogP contribution in [0.3, 0.4) is 0 Å². The Labute approximate surface area is 106 Å². The minimum atomic E-state index is -1.06. The number of carbonyl (C=O) groups excluding carboxylic acids is 1. The third-order valence-electron chi connectivity index (χ3n) is 2.47. The zero-order valence-corrected chi connectivity index (χ0v) is 10.4. The Morgan fingerprint density at radius 2 is 1.94 bits per heavy atom. The summed E-state index contributed by atoms with van der Waals surface area (Å²) in [5.41, 5.74) is -0.553. The number of methoxy groups -OCH3 is 1. The van der Waals surface area contributed by atoms with Gasteiger partial charge in [-0.25, -0.2) is 4.79 Å². The highest BCUT2D eigenvalue weighted by molar-refractivity contribution is 5.91. The molecule has 0 aliphatic rings. The van der Waals surface area contributed by atoms with Crippen LogP contribution in [0.2, 0.25) is 0 Å². The van der Waals surface area contributed by atoms with Crippen molar-refractivity contribution in [3.05, 3.63) is 24.3 Å². The van der Waals surface area contributed by atoms with Crippen LogP contribution in [-0.2, 0) is 0 Å². The molecule has 0 saturated carbocycles. The molecular formula is C12H18N2O4. The van der Waals surface area contributed by atoms with Gasteiger partial charge in [0.15, 0.2) is 0 Å². The standard InChI is InChI=1S/C12H18N2O4/c1-12(7-15,8-16)14-11(17)13-9-5-3-4-6-10(9)18-2/h3-6,15-16H,7-8H2,1-2H3,(H2,13,14,17). The summed E-state index contributed by atoms with van der Waals surface area (Å²) >= 11 is 0. The summed E-state index contributed by atoms with van der Waals surface area (Å²) in [5.74, 6) is 0.530. The Balaban J connectivity index is 2.70. The topological polar surface area (TPSA) is 90.8 Å². The first-order valence-corrected chi connectivity index (χ1v) is 5.48. The molecule has 6 heteroatoms. The number of amides is 2. The van der Waals surface area contributed by atoms with Gasteiger partial charge in [0.25, 0.3) is 0 Å². The third kappa shape index (κ3) is 3.61. The van der Waals surface area contributed by atoms with E-state index in [0.29, 0.717) is 11.4 Å². The quantitative estimate of drug-likeness (QED) is 0.618. The zero-order chi connectivity index (χ0) is 13.6. The Morgan fingerprint density at radius 3 is 2.50 bits per heavy atom. The molecule has 0 atom stereocenters. The fourth-order valence-electron chi connectivity index (χ4n) is 1.30. The predicted octanol–water partition coefficient (Wildman–Crippen LogP) is 0.560. The lowest BCUT2D eigenvalue weighted by atomic mass is 10.1. The smallest absolute Gasteiger partial charge is 0.319 e. The average Bonchev–Trinajstić information content (AvgIpc) is 2.39. The number of anilines is 1. The first kappa shape index (κ1) is 14.3. The molecule has 100 valence electrons. The molecule has 0 heterocycles. The van der Waals surface area contributed by atoms with E-state index in [9.17, 15) is 4.79 Å². The van der Waals surface area contributed by atoms with E-state index in [-0.39, 0.29) is 13.2 Å². The number of benzene rings is 1. The number of carbonyl (C=O) groups is 1. The van der Waals surface area contributed by atoms with Gasteiger partial charge in [-0.3, -0.25) is 0 Å². The van der Waals surface area contributed by atoms with E-state index in [1.54, 1.807) is 24.3 Å². The van der Waals surface area contributed by atoms with Gasteiger partial charge in [0.05, 0.1) is 31.5 Å². The summed E-state index contributed by atoms with van der Waals surface area (Å²) in [4.78, 5) is 11.7. The second-order valence-electron chi connectivity index (χ2n) is 4.16. The van der Waals surface area contributed by atoms with Gasteiger partial charge in [-0.15, -0.1) is 0 Å². The largest absolute Gasteiger partial charge is 0.495 e. The number of urea groups is 1. The lowest BCUT2D eigenvalue weighted by Gasteiger charge is -2.26. The molecule has 1 rings (SSSR count). The van der Waals surface area contributed by atoms with Crippen LogP contribution in [-0.4, -0.2) is 42.1 Å². The summed E-state index contributed by atoms with van der Waals surface area (Å²) in [6.45, 7) is 0.820. The molecule has 0 fully saturated rings. The van der Waals surface area contributed by atoms with Gasteiger partial charge >= 0.3 is 6.03 Å². The molecule has 0 saturated heterocycles. The molecule has 1 aromatic carbocycles. The van der Waals surface area contributed by atoms with E-state index in [1.807, 2.05) is 0 Å². The molecule has 0 aromatic heterocycles. The number of aliphatic hydroxyl groups is 2. The maximum absolute atomic E-state index is 11.7. The van der Waals surface area contributed by atoms with Gasteiger partial charge in [0.2, 0.25) is 0 Å². The predicted molar refractivity (Wildman–Crippen MR) is 67.7 cm³/mol. The van der Waals surface area contributed by atoms with Gasteiger partial charge in [-0.2, -0.15) is 0 Å². The van der Waals surface area contributed by atoms with Gasteiger partial charge in [-0.05, 0) is 19.1 Å². The van der Waals surface area contributed by atoms with Crippen molar-refractivity contribution in [1.29, 1.82) is 0 Å². The van der Waals surface area contributed by atoms with Gasteiger partial charge in [-0.1, -0.05) is 12.1 Å². The average molecular weight is 254 g/mol. The van der Waals surface area contributed by atoms with E-state index in [1.165, 1.54) is 14.0 Å². The van der Waals surface area contributed by atoms with Crippen molar-refractivity contribution in [3.8, 4) is 5.75 Å². The number of hydrogen-bond acceptors (Lipinski definition) is 4. The van der Waals surface area contributed by atoms with Gasteiger partial charge in [0.1, 0.15) is 5.75 Å². The molecule has 0 spiro atoms. The van der Waals surface area contributed by atoms with Crippen LogP contribution in [0.15, 0.2) is 24.3 Å². The summed E-state index contributed by atoms with van der Waals surface area (Å²) in [7, 11) is 1.50. The minimum absolute atomic E-state index is 0.358. The van der Waals surface area contributed by atoms with E-state index in [0.717, 1.165) is 0 Å². The molecule has 4 N–H and O–H groups in total. The molecular weight excluding hydrogens is 236 g/mol. The fraction of sp³-hybridized carbons (Fsp3) is 0.417. The summed E-state index contributed by atoms with van der Waals surface area (Å²) in [6.07, 6.45) is 0. The molecule has 2 amide bonds. The van der Waals surface area contributed by atoms with E-state index in [2.05, 4.69) is 10.6 Å². The van der Waals surface area contributed by atoms with E-state index in [4.69, 9.17) is 14.9 Å². The second kappa shape index (κ2) is 6.23. The third-order valence-corrected chi connectivity index (χ3v) is 2.47. The monoisotopic (exact) mass is 254 g/mol. The molecule has 0 radical (unpaired) electrons. The lowest BCUT2D eigenvalue weighted by Crippen LogP contribution is -2.53. The normalized spacial score (nSPS) is 10.9. The van der Waals surface area contributed by atoms with Crippen molar-refractivity contribution in [1.82, 2.24) is 5.32 Å². The van der Waals surface area contributed by atoms with Crippen molar-refractivity contribution >= 4 is 11.7 Å². The first-order chi connectivity index (χ1) is 8.54. The Kier molecular flexibility index (Phi) is 4.94. The summed E-state index contributed by atoms with van der Waals surface area (Å²) in [6, 6.07) is 6.42. The number of nitrogens with one attached hydrogen (secondary N) is 2. The number of hydrogen-bond donors (Lipinski definition) is 4. The molecule has 1 aromatic rings. The van der Waals surface area contributed by atoms with Crippen LogP contribution in [0.5, 0.6) is 5.75 Å². The molecule has 0 unspecified atom stereocenters. The highest BCUT2D eigenvalue weighted by Crippen LogP contribution is 2.22. The zero-order valence-electron chi connectivity index (χ0n) is 10.4. The van der Waals surface area contributed by atoms with Crippen molar-refractivity contribution in [2.24, 2.45) is 0 Å². The summed E-state index contributed by atoms with van der Waals surface area (Å²) in [5, 5.41) is 23.2. The van der Waals surface area contributed by atoms with E-state index < -0.39 is 11.6 Å². The molecule has 6 nitrogen and oxygen atoms in total. The summed E-state index contributed by atoms with van der Waals surface area (Å²) < 4.78 is 5.09. The lowest BCUT2D eigenvalue weighted by molar-refractivity contribution is 0.111. The van der Waals surface area contributed by atoms with Gasteiger partial charge in [0, 0.05) is 0 Å².